The molecule has 6 heteroatoms. The maximum atomic E-state index is 12.5. The smallest absolute Gasteiger partial charge is 0.213 e. The molecule has 94 valence electrons. The quantitative estimate of drug-likeness (QED) is 0.730. The van der Waals surface area contributed by atoms with Crippen molar-refractivity contribution in [2.45, 2.75) is 13.5 Å². The van der Waals surface area contributed by atoms with E-state index in [4.69, 9.17) is 11.6 Å². The summed E-state index contributed by atoms with van der Waals surface area (Å²) in [7, 11) is 0. The lowest BCUT2D eigenvalue weighted by molar-refractivity contribution is 0.102. The van der Waals surface area contributed by atoms with Crippen LogP contribution in [0.2, 0.25) is 5.02 Å². The van der Waals surface area contributed by atoms with Crippen LogP contribution in [0.15, 0.2) is 33.3 Å². The fourth-order valence-electron chi connectivity index (χ4n) is 1.63. The molecule has 1 aromatic carbocycles. The Hall–Kier alpha value is -0.650. The van der Waals surface area contributed by atoms with Crippen LogP contribution in [0.3, 0.4) is 0 Å². The molecular formula is C12H9Br2ClN2O. The second-order valence-corrected chi connectivity index (χ2v) is 5.76. The van der Waals surface area contributed by atoms with Gasteiger partial charge in [0.25, 0.3) is 0 Å². The molecule has 0 atom stereocenters. The maximum Gasteiger partial charge on any atom is 0.213 e. The molecule has 1 heterocycles. The Morgan fingerprint density at radius 3 is 2.72 bits per heavy atom. The summed E-state index contributed by atoms with van der Waals surface area (Å²) in [6.45, 7) is 2.57. The third-order valence-corrected chi connectivity index (χ3v) is 3.96. The van der Waals surface area contributed by atoms with E-state index in [1.807, 2.05) is 6.92 Å². The second-order valence-electron chi connectivity index (χ2n) is 3.61. The zero-order valence-corrected chi connectivity index (χ0v) is 13.4. The van der Waals surface area contributed by atoms with Crippen LogP contribution in [0.1, 0.15) is 23.0 Å². The monoisotopic (exact) mass is 390 g/mol. The number of benzene rings is 1. The summed E-state index contributed by atoms with van der Waals surface area (Å²) >= 11 is 12.6. The van der Waals surface area contributed by atoms with Crippen molar-refractivity contribution in [1.29, 1.82) is 0 Å². The lowest BCUT2D eigenvalue weighted by Gasteiger charge is -2.07. The molecular weight excluding hydrogens is 383 g/mol. The number of hydrogen-bond acceptors (Lipinski definition) is 2. The molecule has 0 unspecified atom stereocenters. The summed E-state index contributed by atoms with van der Waals surface area (Å²) in [5.74, 6) is -0.0928. The van der Waals surface area contributed by atoms with E-state index in [-0.39, 0.29) is 5.78 Å². The minimum atomic E-state index is -0.0928. The van der Waals surface area contributed by atoms with Gasteiger partial charge in [0.2, 0.25) is 5.78 Å². The van der Waals surface area contributed by atoms with Crippen molar-refractivity contribution in [3.63, 3.8) is 0 Å². The van der Waals surface area contributed by atoms with Gasteiger partial charge in [0.05, 0.1) is 10.7 Å². The SMILES string of the molecule is CCn1ncc(Br)c1C(=O)c1ccc(Cl)cc1Br. The minimum Gasteiger partial charge on any atom is -0.287 e. The van der Waals surface area contributed by atoms with Gasteiger partial charge in [-0.1, -0.05) is 11.6 Å². The van der Waals surface area contributed by atoms with Gasteiger partial charge in [-0.05, 0) is 57.0 Å². The lowest BCUT2D eigenvalue weighted by atomic mass is 10.1. The van der Waals surface area contributed by atoms with Crippen LogP contribution in [0.25, 0.3) is 0 Å². The Morgan fingerprint density at radius 1 is 1.39 bits per heavy atom. The van der Waals surface area contributed by atoms with Gasteiger partial charge in [0.1, 0.15) is 5.69 Å². The van der Waals surface area contributed by atoms with E-state index >= 15 is 0 Å². The van der Waals surface area contributed by atoms with Crippen LogP contribution in [0.5, 0.6) is 0 Å². The van der Waals surface area contributed by atoms with E-state index in [1.54, 1.807) is 29.1 Å². The number of rotatable bonds is 3. The Balaban J connectivity index is 2.51. The first-order chi connectivity index (χ1) is 8.54. The number of carbonyl (C=O) groups is 1. The number of ketones is 1. The molecule has 18 heavy (non-hydrogen) atoms. The normalized spacial score (nSPS) is 10.7. The molecule has 0 saturated heterocycles. The molecule has 0 aliphatic rings. The molecule has 1 aromatic heterocycles. The van der Waals surface area contributed by atoms with Crippen LogP contribution in [-0.2, 0) is 6.54 Å². The van der Waals surface area contributed by atoms with Crippen molar-refractivity contribution in [2.75, 3.05) is 0 Å². The molecule has 0 N–H and O–H groups in total. The molecule has 2 aromatic rings. The van der Waals surface area contributed by atoms with Crippen molar-refractivity contribution in [3.05, 3.63) is 49.6 Å². The van der Waals surface area contributed by atoms with Crippen molar-refractivity contribution >= 4 is 49.2 Å². The number of carbonyl (C=O) groups excluding carboxylic acids is 1. The Morgan fingerprint density at radius 2 is 2.11 bits per heavy atom. The molecule has 0 fully saturated rings. The molecule has 3 nitrogen and oxygen atoms in total. The fourth-order valence-corrected chi connectivity index (χ4v) is 2.97. The topological polar surface area (TPSA) is 34.9 Å². The van der Waals surface area contributed by atoms with Crippen LogP contribution in [0.4, 0.5) is 0 Å². The van der Waals surface area contributed by atoms with Crippen LogP contribution in [-0.4, -0.2) is 15.6 Å². The molecule has 0 aliphatic heterocycles. The van der Waals surface area contributed by atoms with E-state index < -0.39 is 0 Å². The van der Waals surface area contributed by atoms with Gasteiger partial charge in [-0.15, -0.1) is 0 Å². The van der Waals surface area contributed by atoms with E-state index in [9.17, 15) is 4.79 Å². The van der Waals surface area contributed by atoms with E-state index in [1.165, 1.54) is 0 Å². The van der Waals surface area contributed by atoms with Crippen molar-refractivity contribution in [1.82, 2.24) is 9.78 Å². The summed E-state index contributed by atoms with van der Waals surface area (Å²) in [4.78, 5) is 12.5. The Labute approximate surface area is 126 Å². The third-order valence-electron chi connectivity index (χ3n) is 2.49. The molecule has 0 spiro atoms. The summed E-state index contributed by atoms with van der Waals surface area (Å²) in [6.07, 6.45) is 1.63. The molecule has 0 bridgehead atoms. The second kappa shape index (κ2) is 5.55. The van der Waals surface area contributed by atoms with Gasteiger partial charge in [-0.3, -0.25) is 9.48 Å². The highest BCUT2D eigenvalue weighted by Gasteiger charge is 2.20. The van der Waals surface area contributed by atoms with Crippen molar-refractivity contribution in [3.8, 4) is 0 Å². The van der Waals surface area contributed by atoms with Crippen molar-refractivity contribution < 1.29 is 4.79 Å². The van der Waals surface area contributed by atoms with Gasteiger partial charge in [-0.25, -0.2) is 0 Å². The third kappa shape index (κ3) is 2.53. The molecule has 2 rings (SSSR count). The average molecular weight is 392 g/mol. The summed E-state index contributed by atoms with van der Waals surface area (Å²) in [6, 6.07) is 5.10. The number of aryl methyl sites for hydroxylation is 1. The first-order valence-corrected chi connectivity index (χ1v) is 7.22. The van der Waals surface area contributed by atoms with Gasteiger partial charge in [0, 0.05) is 21.6 Å². The summed E-state index contributed by atoms with van der Waals surface area (Å²) in [5, 5.41) is 4.72. The lowest BCUT2D eigenvalue weighted by Crippen LogP contribution is -2.11. The average Bonchev–Trinajstić information content (AvgIpc) is 2.69. The fraction of sp³-hybridized carbons (Fsp3) is 0.167. The minimum absolute atomic E-state index is 0.0928. The van der Waals surface area contributed by atoms with E-state index in [0.717, 1.165) is 0 Å². The zero-order chi connectivity index (χ0) is 13.3. The van der Waals surface area contributed by atoms with Crippen molar-refractivity contribution in [2.24, 2.45) is 0 Å². The first-order valence-electron chi connectivity index (χ1n) is 5.25. The summed E-state index contributed by atoms with van der Waals surface area (Å²) < 4.78 is 3.03. The van der Waals surface area contributed by atoms with Gasteiger partial charge < -0.3 is 0 Å². The van der Waals surface area contributed by atoms with Gasteiger partial charge in [-0.2, -0.15) is 5.10 Å². The Bertz CT molecular complexity index is 610. The maximum absolute atomic E-state index is 12.5. The molecule has 0 amide bonds. The summed E-state index contributed by atoms with van der Waals surface area (Å²) in [5.41, 5.74) is 1.11. The predicted octanol–water partition coefficient (Wildman–Crippen LogP) is 4.31. The van der Waals surface area contributed by atoms with Crippen LogP contribution >= 0.6 is 43.5 Å². The van der Waals surface area contributed by atoms with Crippen LogP contribution in [0, 0.1) is 0 Å². The van der Waals surface area contributed by atoms with Crippen LogP contribution < -0.4 is 0 Å². The molecule has 0 aliphatic carbocycles. The van der Waals surface area contributed by atoms with Gasteiger partial charge in [0.15, 0.2) is 0 Å². The zero-order valence-electron chi connectivity index (χ0n) is 9.45. The highest BCUT2D eigenvalue weighted by atomic mass is 79.9. The van der Waals surface area contributed by atoms with Gasteiger partial charge >= 0.3 is 0 Å². The Kier molecular flexibility index (Phi) is 4.25. The molecule has 0 radical (unpaired) electrons. The number of halogens is 3. The van der Waals surface area contributed by atoms with E-state index in [2.05, 4.69) is 37.0 Å². The highest BCUT2D eigenvalue weighted by Crippen LogP contribution is 2.26. The van der Waals surface area contributed by atoms with E-state index in [0.29, 0.717) is 31.8 Å². The number of aromatic nitrogens is 2. The number of nitrogens with zero attached hydrogens (tertiary/aromatic N) is 2. The largest absolute Gasteiger partial charge is 0.287 e. The molecule has 0 saturated carbocycles. The number of hydrogen-bond donors (Lipinski definition) is 0. The standard InChI is InChI=1S/C12H9Br2ClN2O/c1-2-17-11(10(14)6-16-17)12(18)8-4-3-7(15)5-9(8)13/h3-6H,2H2,1H3. The highest BCUT2D eigenvalue weighted by molar-refractivity contribution is 9.10. The predicted molar refractivity (Wildman–Crippen MR) is 78.2 cm³/mol. The first kappa shape index (κ1) is 13.8.